The lowest BCUT2D eigenvalue weighted by atomic mass is 9.70. The van der Waals surface area contributed by atoms with Gasteiger partial charge in [-0.25, -0.2) is 4.79 Å². The number of carbonyl (C=O) groups excluding carboxylic acids is 1. The predicted octanol–water partition coefficient (Wildman–Crippen LogP) is 3.76. The first kappa shape index (κ1) is 13.6. The molecule has 2 saturated carbocycles. The number of carbonyl (C=O) groups is 1. The number of ether oxygens (including phenoxy) is 1. The number of hydrogen-bond donors (Lipinski definition) is 0. The van der Waals surface area contributed by atoms with Crippen LogP contribution in [0, 0.1) is 23.7 Å². The maximum Gasteiger partial charge on any atom is 0.340 e. The molecule has 0 amide bonds. The van der Waals surface area contributed by atoms with Gasteiger partial charge in [-0.2, -0.15) is 0 Å². The predicted molar refractivity (Wildman–Crippen MR) is 77.4 cm³/mol. The van der Waals surface area contributed by atoms with Gasteiger partial charge in [0.15, 0.2) is 0 Å². The average molecular weight is 273 g/mol. The minimum Gasteiger partial charge on any atom is -0.458 e. The minimum absolute atomic E-state index is 0.0448. The number of pyridine rings is 1. The summed E-state index contributed by atoms with van der Waals surface area (Å²) >= 11 is 0. The SMILES string of the molecule is Cc1ncccc1C(=O)OC1CC2CCC1(C)C2(C)C. The fraction of sp³-hybridized carbons (Fsp3) is 0.647. The molecule has 20 heavy (non-hydrogen) atoms. The van der Waals surface area contributed by atoms with E-state index in [0.717, 1.165) is 18.5 Å². The van der Waals surface area contributed by atoms with Gasteiger partial charge < -0.3 is 4.74 Å². The Bertz CT molecular complexity index is 552. The highest BCUT2D eigenvalue weighted by molar-refractivity contribution is 5.90. The molecule has 2 bridgehead atoms. The van der Waals surface area contributed by atoms with Gasteiger partial charge >= 0.3 is 5.97 Å². The van der Waals surface area contributed by atoms with E-state index in [1.54, 1.807) is 18.3 Å². The number of fused-ring (bicyclic) bond motifs is 2. The second kappa shape index (κ2) is 4.31. The largest absolute Gasteiger partial charge is 0.458 e. The summed E-state index contributed by atoms with van der Waals surface area (Å²) in [6, 6.07) is 3.58. The lowest BCUT2D eigenvalue weighted by molar-refractivity contribution is -0.0243. The third-order valence-electron chi connectivity index (χ3n) is 6.19. The maximum absolute atomic E-state index is 12.4. The molecular weight excluding hydrogens is 250 g/mol. The third kappa shape index (κ3) is 1.72. The first-order valence-electron chi connectivity index (χ1n) is 7.49. The van der Waals surface area contributed by atoms with Crippen molar-refractivity contribution < 1.29 is 9.53 Å². The Balaban J connectivity index is 1.81. The highest BCUT2D eigenvalue weighted by atomic mass is 16.5. The van der Waals surface area contributed by atoms with E-state index in [1.807, 2.05) is 6.92 Å². The molecule has 3 atom stereocenters. The molecule has 108 valence electrons. The van der Waals surface area contributed by atoms with Gasteiger partial charge in [0.05, 0.1) is 11.3 Å². The highest BCUT2D eigenvalue weighted by Gasteiger charge is 2.62. The number of hydrogen-bond acceptors (Lipinski definition) is 3. The summed E-state index contributed by atoms with van der Waals surface area (Å²) in [5.74, 6) is 0.463. The number of nitrogens with zero attached hydrogens (tertiary/aromatic N) is 1. The summed E-state index contributed by atoms with van der Waals surface area (Å²) < 4.78 is 5.87. The first-order valence-corrected chi connectivity index (χ1v) is 7.49. The topological polar surface area (TPSA) is 39.2 Å². The molecule has 0 radical (unpaired) electrons. The van der Waals surface area contributed by atoms with Crippen molar-refractivity contribution in [2.75, 3.05) is 0 Å². The Kier molecular flexibility index (Phi) is 2.93. The molecule has 0 aromatic carbocycles. The van der Waals surface area contributed by atoms with Gasteiger partial charge in [-0.3, -0.25) is 4.98 Å². The van der Waals surface area contributed by atoms with Crippen molar-refractivity contribution in [3.05, 3.63) is 29.6 Å². The van der Waals surface area contributed by atoms with Crippen LogP contribution in [-0.2, 0) is 4.74 Å². The van der Waals surface area contributed by atoms with Gasteiger partial charge in [-0.1, -0.05) is 20.8 Å². The Morgan fingerprint density at radius 1 is 1.40 bits per heavy atom. The third-order valence-corrected chi connectivity index (χ3v) is 6.19. The molecule has 3 unspecified atom stereocenters. The van der Waals surface area contributed by atoms with Crippen molar-refractivity contribution in [2.45, 2.75) is 53.1 Å². The Labute approximate surface area is 120 Å². The molecule has 3 nitrogen and oxygen atoms in total. The van der Waals surface area contributed by atoms with Crippen LogP contribution >= 0.6 is 0 Å². The van der Waals surface area contributed by atoms with E-state index >= 15 is 0 Å². The second-order valence-electron chi connectivity index (χ2n) is 7.14. The molecule has 2 aliphatic carbocycles. The summed E-state index contributed by atoms with van der Waals surface area (Å²) in [7, 11) is 0. The zero-order chi connectivity index (χ0) is 14.5. The van der Waals surface area contributed by atoms with Crippen LogP contribution in [-0.4, -0.2) is 17.1 Å². The van der Waals surface area contributed by atoms with Crippen LogP contribution in [0.15, 0.2) is 18.3 Å². The molecule has 1 aromatic rings. The Hall–Kier alpha value is -1.38. The van der Waals surface area contributed by atoms with Crippen LogP contribution in [0.3, 0.4) is 0 Å². The zero-order valence-corrected chi connectivity index (χ0v) is 12.8. The second-order valence-corrected chi connectivity index (χ2v) is 7.14. The van der Waals surface area contributed by atoms with Crippen LogP contribution in [0.4, 0.5) is 0 Å². The van der Waals surface area contributed by atoms with E-state index in [-0.39, 0.29) is 22.9 Å². The summed E-state index contributed by atoms with van der Waals surface area (Å²) in [4.78, 5) is 16.6. The number of aromatic nitrogens is 1. The van der Waals surface area contributed by atoms with Crippen molar-refractivity contribution >= 4 is 5.97 Å². The monoisotopic (exact) mass is 273 g/mol. The van der Waals surface area contributed by atoms with Crippen LogP contribution in [0.25, 0.3) is 0 Å². The van der Waals surface area contributed by atoms with Crippen molar-refractivity contribution in [1.29, 1.82) is 0 Å². The lowest BCUT2D eigenvalue weighted by Crippen LogP contribution is -2.38. The summed E-state index contributed by atoms with van der Waals surface area (Å²) in [5.41, 5.74) is 1.72. The first-order chi connectivity index (χ1) is 9.36. The molecular formula is C17H23NO2. The Morgan fingerprint density at radius 3 is 2.70 bits per heavy atom. The molecule has 1 aromatic heterocycles. The molecule has 3 heteroatoms. The van der Waals surface area contributed by atoms with Gasteiger partial charge in [0.2, 0.25) is 0 Å². The fourth-order valence-electron chi connectivity index (χ4n) is 4.20. The molecule has 2 fully saturated rings. The minimum atomic E-state index is -0.217. The smallest absolute Gasteiger partial charge is 0.340 e. The van der Waals surface area contributed by atoms with E-state index in [0.29, 0.717) is 11.5 Å². The van der Waals surface area contributed by atoms with Crippen molar-refractivity contribution in [1.82, 2.24) is 4.98 Å². The zero-order valence-electron chi connectivity index (χ0n) is 12.8. The molecule has 0 N–H and O–H groups in total. The quantitative estimate of drug-likeness (QED) is 0.770. The molecule has 2 aliphatic rings. The van der Waals surface area contributed by atoms with Gasteiger partial charge in [-0.15, -0.1) is 0 Å². The summed E-state index contributed by atoms with van der Waals surface area (Å²) in [6.45, 7) is 8.79. The van der Waals surface area contributed by atoms with Crippen LogP contribution in [0.2, 0.25) is 0 Å². The van der Waals surface area contributed by atoms with Gasteiger partial charge in [0, 0.05) is 11.6 Å². The molecule has 0 saturated heterocycles. The van der Waals surface area contributed by atoms with E-state index < -0.39 is 0 Å². The highest BCUT2D eigenvalue weighted by Crippen LogP contribution is 2.66. The molecule has 0 spiro atoms. The van der Waals surface area contributed by atoms with Crippen LogP contribution < -0.4 is 0 Å². The van der Waals surface area contributed by atoms with Crippen LogP contribution in [0.5, 0.6) is 0 Å². The molecule has 0 aliphatic heterocycles. The number of esters is 1. The van der Waals surface area contributed by atoms with Crippen molar-refractivity contribution in [3.63, 3.8) is 0 Å². The average Bonchev–Trinajstić information content (AvgIpc) is 2.72. The summed E-state index contributed by atoms with van der Waals surface area (Å²) in [6.07, 6.45) is 5.18. The normalized spacial score (nSPS) is 34.2. The fourth-order valence-corrected chi connectivity index (χ4v) is 4.20. The Morgan fingerprint density at radius 2 is 2.15 bits per heavy atom. The van der Waals surface area contributed by atoms with Gasteiger partial charge in [0.1, 0.15) is 6.10 Å². The number of aryl methyl sites for hydroxylation is 1. The molecule has 3 rings (SSSR count). The number of rotatable bonds is 2. The van der Waals surface area contributed by atoms with Crippen LogP contribution in [0.1, 0.15) is 56.1 Å². The van der Waals surface area contributed by atoms with Gasteiger partial charge in [-0.05, 0) is 49.7 Å². The van der Waals surface area contributed by atoms with E-state index in [9.17, 15) is 4.79 Å². The van der Waals surface area contributed by atoms with Crippen molar-refractivity contribution in [3.8, 4) is 0 Å². The summed E-state index contributed by atoms with van der Waals surface area (Å²) in [5, 5.41) is 0. The van der Waals surface area contributed by atoms with E-state index in [4.69, 9.17) is 4.74 Å². The lowest BCUT2D eigenvalue weighted by Gasteiger charge is -2.38. The van der Waals surface area contributed by atoms with E-state index in [1.165, 1.54) is 6.42 Å². The maximum atomic E-state index is 12.4. The van der Waals surface area contributed by atoms with Gasteiger partial charge in [0.25, 0.3) is 0 Å². The molecule has 1 heterocycles. The standard InChI is InChI=1S/C17H23NO2/c1-11-13(6-5-9-18-11)15(19)20-14-10-12-7-8-17(14,4)16(12,2)3/h5-6,9,12,14H,7-8,10H2,1-4H3. The van der Waals surface area contributed by atoms with E-state index in [2.05, 4.69) is 25.8 Å². The van der Waals surface area contributed by atoms with Crippen molar-refractivity contribution in [2.24, 2.45) is 16.7 Å².